The molecular weight excluding hydrogens is 182 g/mol. The molecule has 5 nitrogen and oxygen atoms in total. The van der Waals surface area contributed by atoms with E-state index in [2.05, 4.69) is 5.32 Å². The largest absolute Gasteiger partial charge is 0.394 e. The fourth-order valence-electron chi connectivity index (χ4n) is 1.54. The Kier molecular flexibility index (Phi) is 3.47. The average Bonchev–Trinajstić information content (AvgIpc) is 2.17. The van der Waals surface area contributed by atoms with Crippen molar-refractivity contribution in [2.24, 2.45) is 5.73 Å². The van der Waals surface area contributed by atoms with E-state index < -0.39 is 5.54 Å². The van der Waals surface area contributed by atoms with Crippen molar-refractivity contribution in [3.63, 3.8) is 0 Å². The predicted molar refractivity (Wildman–Crippen MR) is 53.7 cm³/mol. The van der Waals surface area contributed by atoms with Crippen LogP contribution in [0.5, 0.6) is 0 Å². The highest BCUT2D eigenvalue weighted by atomic mass is 16.3. The fraction of sp³-hybridized carbons (Fsp3) is 0.889. The van der Waals surface area contributed by atoms with Crippen LogP contribution < -0.4 is 11.1 Å². The Morgan fingerprint density at radius 2 is 2.43 bits per heavy atom. The van der Waals surface area contributed by atoms with Crippen molar-refractivity contribution in [2.45, 2.75) is 25.4 Å². The molecule has 0 spiro atoms. The normalized spacial score (nSPS) is 27.1. The third kappa shape index (κ3) is 2.23. The maximum absolute atomic E-state index is 11.9. The summed E-state index contributed by atoms with van der Waals surface area (Å²) in [5.41, 5.74) is 4.54. The van der Waals surface area contributed by atoms with Gasteiger partial charge in [0, 0.05) is 25.7 Å². The van der Waals surface area contributed by atoms with E-state index in [0.717, 1.165) is 13.1 Å². The number of rotatable bonds is 2. The summed E-state index contributed by atoms with van der Waals surface area (Å²) in [6.45, 7) is 5.45. The molecule has 1 unspecified atom stereocenters. The average molecular weight is 201 g/mol. The van der Waals surface area contributed by atoms with Crippen LogP contribution >= 0.6 is 0 Å². The van der Waals surface area contributed by atoms with Crippen LogP contribution in [0.1, 0.15) is 13.8 Å². The zero-order valence-corrected chi connectivity index (χ0v) is 8.79. The number of amides is 1. The van der Waals surface area contributed by atoms with E-state index in [1.165, 1.54) is 0 Å². The molecule has 0 radical (unpaired) electrons. The lowest BCUT2D eigenvalue weighted by atomic mass is 10.0. The molecule has 1 amide bonds. The summed E-state index contributed by atoms with van der Waals surface area (Å²) in [5, 5.41) is 12.2. The Bertz CT molecular complexity index is 218. The van der Waals surface area contributed by atoms with Crippen LogP contribution in [-0.4, -0.2) is 53.7 Å². The third-order valence-corrected chi connectivity index (χ3v) is 2.58. The molecule has 4 N–H and O–H groups in total. The summed E-state index contributed by atoms with van der Waals surface area (Å²) >= 11 is 0. The molecule has 14 heavy (non-hydrogen) atoms. The number of nitrogens with one attached hydrogen (secondary N) is 1. The molecule has 0 aliphatic carbocycles. The van der Waals surface area contributed by atoms with Crippen molar-refractivity contribution in [1.29, 1.82) is 0 Å². The van der Waals surface area contributed by atoms with Gasteiger partial charge in [-0.05, 0) is 13.8 Å². The molecule has 5 heteroatoms. The highest BCUT2D eigenvalue weighted by molar-refractivity contribution is 5.86. The summed E-state index contributed by atoms with van der Waals surface area (Å²) in [7, 11) is 0. The van der Waals surface area contributed by atoms with Gasteiger partial charge >= 0.3 is 0 Å². The van der Waals surface area contributed by atoms with Gasteiger partial charge in [-0.15, -0.1) is 0 Å². The molecule has 1 saturated heterocycles. The maximum atomic E-state index is 11.9. The summed E-state index contributed by atoms with van der Waals surface area (Å²) in [4.78, 5) is 13.6. The summed E-state index contributed by atoms with van der Waals surface area (Å²) in [6, 6.07) is 0.144. The molecule has 2 atom stereocenters. The van der Waals surface area contributed by atoms with Crippen molar-refractivity contribution in [3.8, 4) is 0 Å². The number of aliphatic hydroxyl groups excluding tert-OH is 1. The van der Waals surface area contributed by atoms with Crippen LogP contribution in [0, 0.1) is 0 Å². The quantitative estimate of drug-likeness (QED) is 0.509. The molecule has 0 bridgehead atoms. The maximum Gasteiger partial charge on any atom is 0.245 e. The second-order valence-electron chi connectivity index (χ2n) is 4.13. The van der Waals surface area contributed by atoms with Gasteiger partial charge in [0.05, 0.1) is 6.61 Å². The van der Waals surface area contributed by atoms with Crippen molar-refractivity contribution >= 4 is 5.91 Å². The first-order valence-electron chi connectivity index (χ1n) is 4.90. The first-order valence-corrected chi connectivity index (χ1v) is 4.90. The zero-order valence-electron chi connectivity index (χ0n) is 8.79. The minimum absolute atomic E-state index is 0.144. The zero-order chi connectivity index (χ0) is 10.8. The van der Waals surface area contributed by atoms with Crippen molar-refractivity contribution in [2.75, 3.05) is 26.2 Å². The topological polar surface area (TPSA) is 78.6 Å². The molecule has 0 aromatic carbocycles. The van der Waals surface area contributed by atoms with E-state index in [1.54, 1.807) is 11.8 Å². The monoisotopic (exact) mass is 201 g/mol. The third-order valence-electron chi connectivity index (χ3n) is 2.58. The molecule has 1 rings (SSSR count). The van der Waals surface area contributed by atoms with Crippen LogP contribution in [0.15, 0.2) is 0 Å². The molecule has 1 heterocycles. The van der Waals surface area contributed by atoms with Gasteiger partial charge in [-0.25, -0.2) is 0 Å². The van der Waals surface area contributed by atoms with Gasteiger partial charge in [-0.2, -0.15) is 0 Å². The van der Waals surface area contributed by atoms with Gasteiger partial charge in [0.15, 0.2) is 0 Å². The Balaban J connectivity index is 2.67. The fourth-order valence-corrected chi connectivity index (χ4v) is 1.54. The van der Waals surface area contributed by atoms with Gasteiger partial charge in [0.1, 0.15) is 5.54 Å². The minimum atomic E-state index is -1.15. The van der Waals surface area contributed by atoms with Gasteiger partial charge in [0.2, 0.25) is 5.91 Å². The SMILES string of the molecule is C[C@@H]1CNCCN1C(=O)C(C)(N)CO. The smallest absolute Gasteiger partial charge is 0.245 e. The van der Waals surface area contributed by atoms with E-state index >= 15 is 0 Å². The number of nitrogens with zero attached hydrogens (tertiary/aromatic N) is 1. The second-order valence-corrected chi connectivity index (χ2v) is 4.13. The first-order chi connectivity index (χ1) is 6.49. The van der Waals surface area contributed by atoms with Crippen LogP contribution in [0.4, 0.5) is 0 Å². The van der Waals surface area contributed by atoms with Crippen molar-refractivity contribution < 1.29 is 9.90 Å². The number of hydrogen-bond donors (Lipinski definition) is 3. The highest BCUT2D eigenvalue weighted by Crippen LogP contribution is 2.10. The number of carbonyl (C=O) groups excluding carboxylic acids is 1. The van der Waals surface area contributed by atoms with E-state index in [1.807, 2.05) is 6.92 Å². The lowest BCUT2D eigenvalue weighted by Crippen LogP contribution is -2.62. The number of hydrogen-bond acceptors (Lipinski definition) is 4. The Labute approximate surface area is 84.3 Å². The van der Waals surface area contributed by atoms with E-state index in [9.17, 15) is 4.79 Å². The van der Waals surface area contributed by atoms with Gasteiger partial charge in [-0.1, -0.05) is 0 Å². The number of aliphatic hydroxyl groups is 1. The molecule has 82 valence electrons. The molecule has 0 saturated carbocycles. The van der Waals surface area contributed by atoms with Crippen LogP contribution in [-0.2, 0) is 4.79 Å². The lowest BCUT2D eigenvalue weighted by Gasteiger charge is -2.38. The molecule has 0 aromatic rings. The summed E-state index contributed by atoms with van der Waals surface area (Å²) < 4.78 is 0. The van der Waals surface area contributed by atoms with E-state index in [4.69, 9.17) is 10.8 Å². The number of piperazine rings is 1. The van der Waals surface area contributed by atoms with Gasteiger partial charge in [-0.3, -0.25) is 4.79 Å². The Hall–Kier alpha value is -0.650. The number of nitrogens with two attached hydrogens (primary N) is 1. The number of carbonyl (C=O) groups is 1. The van der Waals surface area contributed by atoms with Crippen molar-refractivity contribution in [3.05, 3.63) is 0 Å². The van der Waals surface area contributed by atoms with Gasteiger partial charge in [0.25, 0.3) is 0 Å². The van der Waals surface area contributed by atoms with Gasteiger partial charge < -0.3 is 21.1 Å². The van der Waals surface area contributed by atoms with Crippen LogP contribution in [0.25, 0.3) is 0 Å². The first kappa shape index (κ1) is 11.4. The lowest BCUT2D eigenvalue weighted by molar-refractivity contribution is -0.140. The molecule has 1 aliphatic rings. The predicted octanol–water partition coefficient (Wildman–Crippen LogP) is -1.48. The standard InChI is InChI=1S/C9H19N3O2/c1-7-5-11-3-4-12(7)8(14)9(2,10)6-13/h7,11,13H,3-6,10H2,1-2H3/t7-,9?/m1/s1. The summed E-state index contributed by atoms with van der Waals surface area (Å²) in [6.07, 6.45) is 0. The van der Waals surface area contributed by atoms with Crippen LogP contribution in [0.2, 0.25) is 0 Å². The van der Waals surface area contributed by atoms with E-state index in [0.29, 0.717) is 6.54 Å². The Morgan fingerprint density at radius 1 is 1.79 bits per heavy atom. The Morgan fingerprint density at radius 3 is 2.93 bits per heavy atom. The summed E-state index contributed by atoms with van der Waals surface area (Å²) in [5.74, 6) is -0.172. The molecular formula is C9H19N3O2. The second kappa shape index (κ2) is 4.25. The minimum Gasteiger partial charge on any atom is -0.394 e. The molecule has 0 aromatic heterocycles. The van der Waals surface area contributed by atoms with Crippen LogP contribution in [0.3, 0.4) is 0 Å². The highest BCUT2D eigenvalue weighted by Gasteiger charge is 2.35. The van der Waals surface area contributed by atoms with E-state index in [-0.39, 0.29) is 18.6 Å². The molecule has 1 aliphatic heterocycles. The molecule has 1 fully saturated rings. The van der Waals surface area contributed by atoms with Crippen molar-refractivity contribution in [1.82, 2.24) is 10.2 Å².